The van der Waals surface area contributed by atoms with Crippen molar-refractivity contribution in [2.24, 2.45) is 5.92 Å². The van der Waals surface area contributed by atoms with Crippen LogP contribution in [-0.2, 0) is 21.1 Å². The van der Waals surface area contributed by atoms with Crippen molar-refractivity contribution in [2.75, 3.05) is 45.3 Å². The number of benzene rings is 1. The van der Waals surface area contributed by atoms with Crippen molar-refractivity contribution in [3.63, 3.8) is 0 Å². The Balaban J connectivity index is 1.27. The molecule has 210 valence electrons. The molecular weight excluding hydrogens is 510 g/mol. The minimum Gasteiger partial charge on any atom is -0.322 e. The molecule has 3 aliphatic rings. The van der Waals surface area contributed by atoms with E-state index >= 15 is 0 Å². The van der Waals surface area contributed by atoms with Gasteiger partial charge in [-0.15, -0.1) is 0 Å². The summed E-state index contributed by atoms with van der Waals surface area (Å²) in [5.41, 5.74) is 1.14. The Kier molecular flexibility index (Phi) is 8.10. The fraction of sp³-hybridized carbons (Fsp3) is 0.567. The van der Waals surface area contributed by atoms with Crippen molar-refractivity contribution in [3.05, 3.63) is 54.2 Å². The number of nitrogens with zero attached hydrogens (tertiary/aromatic N) is 4. The largest absolute Gasteiger partial charge is 0.322 e. The van der Waals surface area contributed by atoms with Crippen LogP contribution >= 0.6 is 0 Å². The zero-order chi connectivity index (χ0) is 27.6. The lowest BCUT2D eigenvalue weighted by molar-refractivity contribution is -0.116. The van der Waals surface area contributed by atoms with Gasteiger partial charge in [-0.2, -0.15) is 0 Å². The molecule has 1 saturated heterocycles. The van der Waals surface area contributed by atoms with E-state index < -0.39 is 10.8 Å². The van der Waals surface area contributed by atoms with E-state index in [2.05, 4.69) is 64.5 Å². The molecule has 9 heteroatoms. The van der Waals surface area contributed by atoms with Gasteiger partial charge in [0, 0.05) is 44.0 Å². The van der Waals surface area contributed by atoms with E-state index in [0.29, 0.717) is 29.7 Å². The van der Waals surface area contributed by atoms with Gasteiger partial charge in [0.05, 0.1) is 21.2 Å². The lowest BCUT2D eigenvalue weighted by Crippen LogP contribution is -2.56. The van der Waals surface area contributed by atoms with Gasteiger partial charge in [0.2, 0.25) is 5.91 Å². The summed E-state index contributed by atoms with van der Waals surface area (Å²) < 4.78 is 11.6. The fourth-order valence-corrected chi connectivity index (χ4v) is 7.09. The summed E-state index contributed by atoms with van der Waals surface area (Å²) in [5, 5.41) is 2.81. The second-order valence-corrected chi connectivity index (χ2v) is 13.1. The van der Waals surface area contributed by atoms with Crippen molar-refractivity contribution in [3.8, 4) is 0 Å². The summed E-state index contributed by atoms with van der Waals surface area (Å²) in [6.07, 6.45) is 10.9. The number of pyridine rings is 1. The van der Waals surface area contributed by atoms with Crippen molar-refractivity contribution in [1.29, 1.82) is 0 Å². The van der Waals surface area contributed by atoms with E-state index in [0.717, 1.165) is 32.2 Å². The first-order valence-corrected chi connectivity index (χ1v) is 15.7. The van der Waals surface area contributed by atoms with Crippen molar-refractivity contribution in [2.45, 2.75) is 67.3 Å². The predicted molar refractivity (Wildman–Crippen MR) is 154 cm³/mol. The Labute approximate surface area is 234 Å². The molecule has 0 bridgehead atoms. The summed E-state index contributed by atoms with van der Waals surface area (Å²) in [6, 6.07) is 14.2. The highest BCUT2D eigenvalue weighted by molar-refractivity contribution is 7.84. The minimum absolute atomic E-state index is 0.0298. The first kappa shape index (κ1) is 27.8. The summed E-state index contributed by atoms with van der Waals surface area (Å²) in [5.74, 6) is 0.847. The summed E-state index contributed by atoms with van der Waals surface area (Å²) in [6.45, 7) is 1.90. The molecule has 1 unspecified atom stereocenters. The maximum atomic E-state index is 13.8. The number of hydrogen-bond acceptors (Lipinski definition) is 5. The highest BCUT2D eigenvalue weighted by Gasteiger charge is 2.54. The molecule has 1 spiro atoms. The third kappa shape index (κ3) is 5.61. The van der Waals surface area contributed by atoms with Crippen molar-refractivity contribution < 1.29 is 13.8 Å². The van der Waals surface area contributed by atoms with Gasteiger partial charge < -0.3 is 15.1 Å². The fourth-order valence-electron chi connectivity index (χ4n) is 6.63. The quantitative estimate of drug-likeness (QED) is 0.498. The third-order valence-corrected chi connectivity index (χ3v) is 10.2. The number of rotatable bonds is 9. The Morgan fingerprint density at radius 1 is 1.10 bits per heavy atom. The van der Waals surface area contributed by atoms with Gasteiger partial charge in [-0.05, 0) is 76.2 Å². The molecule has 3 fully saturated rings. The Hall–Kier alpha value is -2.78. The van der Waals surface area contributed by atoms with Gasteiger partial charge in [0.15, 0.2) is 0 Å². The minimum atomic E-state index is -1.11. The molecule has 8 nitrogen and oxygen atoms in total. The molecule has 1 atom stereocenters. The second-order valence-electron chi connectivity index (χ2n) is 11.8. The van der Waals surface area contributed by atoms with Crippen LogP contribution in [0.5, 0.6) is 0 Å². The molecule has 3 amide bonds. The topological polar surface area (TPSA) is 85.8 Å². The van der Waals surface area contributed by atoms with E-state index in [1.54, 1.807) is 18.4 Å². The number of anilines is 1. The molecule has 2 heterocycles. The standard InChI is InChI=1S/C30H41N5O3S/c1-33(2)30(24-10-5-4-6-11-24)17-15-29(16-18-30)22-34(28(37)35(29)21-23-8-7-9-23)19-14-27(36)32-26-13-12-25(20-31-26)39(3)38/h4-6,10-13,20,23H,7-9,14-19,21-22H2,1-3H3,(H,31,32,36). The van der Waals surface area contributed by atoms with Crippen LogP contribution in [0.4, 0.5) is 10.6 Å². The molecule has 39 heavy (non-hydrogen) atoms. The number of aromatic nitrogens is 1. The predicted octanol–water partition coefficient (Wildman–Crippen LogP) is 4.46. The van der Waals surface area contributed by atoms with Crippen LogP contribution in [-0.4, -0.2) is 81.4 Å². The molecule has 0 radical (unpaired) electrons. The molecule has 1 N–H and O–H groups in total. The number of carbonyl (C=O) groups is 2. The number of urea groups is 1. The van der Waals surface area contributed by atoms with E-state index in [9.17, 15) is 13.8 Å². The highest BCUT2D eigenvalue weighted by Crippen LogP contribution is 2.49. The van der Waals surface area contributed by atoms with Crippen LogP contribution in [0, 0.1) is 5.92 Å². The Bertz CT molecular complexity index is 1190. The van der Waals surface area contributed by atoms with E-state index in [1.807, 2.05) is 4.90 Å². The van der Waals surface area contributed by atoms with E-state index in [4.69, 9.17) is 0 Å². The lowest BCUT2D eigenvalue weighted by atomic mass is 9.68. The molecule has 2 aromatic rings. The molecule has 1 aromatic heterocycles. The Morgan fingerprint density at radius 3 is 2.38 bits per heavy atom. The third-order valence-electron chi connectivity index (χ3n) is 9.34. The van der Waals surface area contributed by atoms with Crippen LogP contribution in [0.1, 0.15) is 56.9 Å². The molecule has 1 aromatic carbocycles. The van der Waals surface area contributed by atoms with Gasteiger partial charge in [-0.25, -0.2) is 9.78 Å². The molecule has 2 aliphatic carbocycles. The summed E-state index contributed by atoms with van der Waals surface area (Å²) in [7, 11) is 3.23. The van der Waals surface area contributed by atoms with Crippen LogP contribution in [0.2, 0.25) is 0 Å². The molecular formula is C30H41N5O3S. The number of nitrogens with one attached hydrogen (secondary N) is 1. The molecule has 2 saturated carbocycles. The van der Waals surface area contributed by atoms with Crippen LogP contribution in [0.3, 0.4) is 0 Å². The number of hydrogen-bond donors (Lipinski definition) is 1. The first-order valence-electron chi connectivity index (χ1n) is 14.1. The summed E-state index contributed by atoms with van der Waals surface area (Å²) in [4.78, 5) is 37.8. The van der Waals surface area contributed by atoms with E-state index in [1.165, 1.54) is 31.0 Å². The zero-order valence-electron chi connectivity index (χ0n) is 23.4. The monoisotopic (exact) mass is 551 g/mol. The highest BCUT2D eigenvalue weighted by atomic mass is 32.2. The smallest absolute Gasteiger partial charge is 0.320 e. The van der Waals surface area contributed by atoms with Crippen molar-refractivity contribution in [1.82, 2.24) is 19.7 Å². The summed E-state index contributed by atoms with van der Waals surface area (Å²) >= 11 is 0. The van der Waals surface area contributed by atoms with Gasteiger partial charge in [0.25, 0.3) is 0 Å². The second kappa shape index (κ2) is 11.4. The lowest BCUT2D eigenvalue weighted by Gasteiger charge is -2.51. The van der Waals surface area contributed by atoms with Gasteiger partial charge >= 0.3 is 6.03 Å². The normalized spacial score (nSPS) is 26.2. The molecule has 5 rings (SSSR count). The average molecular weight is 552 g/mol. The maximum Gasteiger partial charge on any atom is 0.320 e. The van der Waals surface area contributed by atoms with Gasteiger partial charge in [-0.1, -0.05) is 36.8 Å². The van der Waals surface area contributed by atoms with Crippen LogP contribution in [0.15, 0.2) is 53.6 Å². The maximum absolute atomic E-state index is 13.8. The zero-order valence-corrected chi connectivity index (χ0v) is 24.2. The number of carbonyl (C=O) groups excluding carboxylic acids is 2. The Morgan fingerprint density at radius 2 is 1.82 bits per heavy atom. The SMILES string of the molecule is CN(C)C1(c2ccccc2)CCC2(CC1)CN(CCC(=O)Nc1ccc(S(C)=O)cn1)C(=O)N2CC1CCC1. The van der Waals surface area contributed by atoms with Gasteiger partial charge in [-0.3, -0.25) is 13.9 Å². The first-order chi connectivity index (χ1) is 18.7. The molecule has 1 aliphatic heterocycles. The van der Waals surface area contributed by atoms with Crippen LogP contribution in [0.25, 0.3) is 0 Å². The average Bonchev–Trinajstić information content (AvgIpc) is 3.16. The van der Waals surface area contributed by atoms with Crippen LogP contribution < -0.4 is 5.32 Å². The van der Waals surface area contributed by atoms with E-state index in [-0.39, 0.29) is 29.4 Å². The van der Waals surface area contributed by atoms with Gasteiger partial charge in [0.1, 0.15) is 5.82 Å². The number of amides is 3. The van der Waals surface area contributed by atoms with Crippen molar-refractivity contribution >= 4 is 28.6 Å².